The van der Waals surface area contributed by atoms with Crippen LogP contribution in [0.25, 0.3) is 5.69 Å². The van der Waals surface area contributed by atoms with Crippen LogP contribution in [-0.2, 0) is 0 Å². The van der Waals surface area contributed by atoms with Gasteiger partial charge in [0, 0.05) is 39.1 Å². The Morgan fingerprint density at radius 3 is 2.90 bits per heavy atom. The summed E-state index contributed by atoms with van der Waals surface area (Å²) in [6.07, 6.45) is 4.53. The SMILES string of the molecule is CCCNc1cc(-n2ccc(C(=O)N(C)C)n2)ccn1. The predicted octanol–water partition coefficient (Wildman–Crippen LogP) is 1.79. The van der Waals surface area contributed by atoms with Crippen LogP contribution < -0.4 is 5.32 Å². The summed E-state index contributed by atoms with van der Waals surface area (Å²) in [5.41, 5.74) is 1.30. The number of rotatable bonds is 5. The zero-order valence-corrected chi connectivity index (χ0v) is 12.0. The van der Waals surface area contributed by atoms with E-state index in [1.54, 1.807) is 37.2 Å². The Morgan fingerprint density at radius 2 is 2.20 bits per heavy atom. The van der Waals surface area contributed by atoms with Gasteiger partial charge < -0.3 is 10.2 Å². The Balaban J connectivity index is 2.21. The van der Waals surface area contributed by atoms with Crippen LogP contribution in [0.2, 0.25) is 0 Å². The van der Waals surface area contributed by atoms with Crippen molar-refractivity contribution in [2.24, 2.45) is 0 Å². The zero-order valence-electron chi connectivity index (χ0n) is 12.0. The van der Waals surface area contributed by atoms with Gasteiger partial charge in [-0.1, -0.05) is 6.92 Å². The van der Waals surface area contributed by atoms with Crippen LogP contribution in [0, 0.1) is 0 Å². The molecule has 6 heteroatoms. The van der Waals surface area contributed by atoms with Gasteiger partial charge in [0.1, 0.15) is 5.82 Å². The Bertz CT molecular complexity index is 591. The molecular weight excluding hydrogens is 254 g/mol. The summed E-state index contributed by atoms with van der Waals surface area (Å²) in [6, 6.07) is 5.47. The minimum atomic E-state index is -0.109. The Labute approximate surface area is 118 Å². The molecule has 2 heterocycles. The van der Waals surface area contributed by atoms with Crippen molar-refractivity contribution in [2.45, 2.75) is 13.3 Å². The molecule has 6 nitrogen and oxygen atoms in total. The maximum Gasteiger partial charge on any atom is 0.273 e. The summed E-state index contributed by atoms with van der Waals surface area (Å²) in [5, 5.41) is 7.52. The number of pyridine rings is 1. The van der Waals surface area contributed by atoms with Crippen molar-refractivity contribution in [3.05, 3.63) is 36.3 Å². The molecule has 2 aromatic rings. The van der Waals surface area contributed by atoms with E-state index in [2.05, 4.69) is 22.3 Å². The first-order chi connectivity index (χ1) is 9.61. The average Bonchev–Trinajstić information content (AvgIpc) is 2.94. The summed E-state index contributed by atoms with van der Waals surface area (Å²) >= 11 is 0. The third kappa shape index (κ3) is 3.14. The van der Waals surface area contributed by atoms with E-state index in [0.717, 1.165) is 24.5 Å². The van der Waals surface area contributed by atoms with Gasteiger partial charge in [0.05, 0.1) is 5.69 Å². The molecule has 2 rings (SSSR count). The molecule has 1 amide bonds. The summed E-state index contributed by atoms with van der Waals surface area (Å²) in [6.45, 7) is 2.98. The molecule has 0 aliphatic carbocycles. The number of hydrogen-bond donors (Lipinski definition) is 1. The van der Waals surface area contributed by atoms with E-state index in [0.29, 0.717) is 5.69 Å². The van der Waals surface area contributed by atoms with Gasteiger partial charge in [-0.3, -0.25) is 4.79 Å². The minimum absolute atomic E-state index is 0.109. The molecule has 0 aromatic carbocycles. The molecule has 0 aliphatic heterocycles. The first-order valence-corrected chi connectivity index (χ1v) is 6.59. The van der Waals surface area contributed by atoms with E-state index in [1.165, 1.54) is 4.90 Å². The van der Waals surface area contributed by atoms with Gasteiger partial charge in [0.15, 0.2) is 5.69 Å². The van der Waals surface area contributed by atoms with E-state index < -0.39 is 0 Å². The highest BCUT2D eigenvalue weighted by Crippen LogP contribution is 2.12. The molecule has 106 valence electrons. The molecule has 0 atom stereocenters. The fourth-order valence-corrected chi connectivity index (χ4v) is 1.72. The lowest BCUT2D eigenvalue weighted by molar-refractivity contribution is 0.0821. The zero-order chi connectivity index (χ0) is 14.5. The van der Waals surface area contributed by atoms with Crippen LogP contribution in [-0.4, -0.2) is 46.2 Å². The van der Waals surface area contributed by atoms with E-state index in [4.69, 9.17) is 0 Å². The number of aromatic nitrogens is 3. The molecule has 20 heavy (non-hydrogen) atoms. The van der Waals surface area contributed by atoms with Crippen LogP contribution >= 0.6 is 0 Å². The van der Waals surface area contributed by atoms with Crippen molar-refractivity contribution >= 4 is 11.7 Å². The van der Waals surface area contributed by atoms with Crippen molar-refractivity contribution in [3.63, 3.8) is 0 Å². The van der Waals surface area contributed by atoms with Gasteiger partial charge >= 0.3 is 0 Å². The normalized spacial score (nSPS) is 10.3. The van der Waals surface area contributed by atoms with Gasteiger partial charge in [-0.15, -0.1) is 0 Å². The summed E-state index contributed by atoms with van der Waals surface area (Å²) < 4.78 is 1.68. The molecule has 0 saturated heterocycles. The fourth-order valence-electron chi connectivity index (χ4n) is 1.72. The second-order valence-corrected chi connectivity index (χ2v) is 4.67. The lowest BCUT2D eigenvalue weighted by Gasteiger charge is -2.08. The third-order valence-corrected chi connectivity index (χ3v) is 2.78. The van der Waals surface area contributed by atoms with Crippen LogP contribution in [0.4, 0.5) is 5.82 Å². The Hall–Kier alpha value is -2.37. The molecule has 0 aliphatic rings. The predicted molar refractivity (Wildman–Crippen MR) is 78.2 cm³/mol. The van der Waals surface area contributed by atoms with Gasteiger partial charge in [0.25, 0.3) is 5.91 Å². The smallest absolute Gasteiger partial charge is 0.273 e. The second kappa shape index (κ2) is 6.18. The maximum absolute atomic E-state index is 11.8. The topological polar surface area (TPSA) is 63.1 Å². The van der Waals surface area contributed by atoms with Crippen molar-refractivity contribution in [3.8, 4) is 5.69 Å². The number of carbonyl (C=O) groups excluding carboxylic acids is 1. The number of carbonyl (C=O) groups is 1. The lowest BCUT2D eigenvalue weighted by atomic mass is 10.4. The number of amides is 1. The standard InChI is InChI=1S/C14H19N5O/c1-4-7-15-13-10-11(5-8-16-13)19-9-6-12(17-19)14(20)18(2)3/h5-6,8-10H,4,7H2,1-3H3,(H,15,16). The molecule has 0 fully saturated rings. The Kier molecular flexibility index (Phi) is 4.34. The summed E-state index contributed by atoms with van der Waals surface area (Å²) in [4.78, 5) is 17.6. The van der Waals surface area contributed by atoms with E-state index in [1.807, 2.05) is 12.1 Å². The van der Waals surface area contributed by atoms with Crippen LogP contribution in [0.3, 0.4) is 0 Å². The number of nitrogens with zero attached hydrogens (tertiary/aromatic N) is 4. The monoisotopic (exact) mass is 273 g/mol. The third-order valence-electron chi connectivity index (χ3n) is 2.78. The molecule has 0 bridgehead atoms. The van der Waals surface area contributed by atoms with Crippen LogP contribution in [0.5, 0.6) is 0 Å². The highest BCUT2D eigenvalue weighted by Gasteiger charge is 2.12. The molecule has 0 radical (unpaired) electrons. The fraction of sp³-hybridized carbons (Fsp3) is 0.357. The summed E-state index contributed by atoms with van der Waals surface area (Å²) in [7, 11) is 3.42. The number of anilines is 1. The first-order valence-electron chi connectivity index (χ1n) is 6.59. The van der Waals surface area contributed by atoms with Gasteiger partial charge in [0.2, 0.25) is 0 Å². The summed E-state index contributed by atoms with van der Waals surface area (Å²) in [5.74, 6) is 0.697. The van der Waals surface area contributed by atoms with Crippen LogP contribution in [0.1, 0.15) is 23.8 Å². The van der Waals surface area contributed by atoms with E-state index >= 15 is 0 Å². The van der Waals surface area contributed by atoms with Crippen LogP contribution in [0.15, 0.2) is 30.6 Å². The number of nitrogens with one attached hydrogen (secondary N) is 1. The number of hydrogen-bond acceptors (Lipinski definition) is 4. The highest BCUT2D eigenvalue weighted by molar-refractivity contribution is 5.91. The molecule has 1 N–H and O–H groups in total. The molecule has 0 unspecified atom stereocenters. The first kappa shape index (κ1) is 14.0. The maximum atomic E-state index is 11.8. The van der Waals surface area contributed by atoms with Gasteiger partial charge in [-0.25, -0.2) is 9.67 Å². The minimum Gasteiger partial charge on any atom is -0.370 e. The molecule has 0 spiro atoms. The largest absolute Gasteiger partial charge is 0.370 e. The lowest BCUT2D eigenvalue weighted by Crippen LogP contribution is -2.22. The molecule has 0 saturated carbocycles. The second-order valence-electron chi connectivity index (χ2n) is 4.67. The van der Waals surface area contributed by atoms with E-state index in [9.17, 15) is 4.79 Å². The molecule has 2 aromatic heterocycles. The highest BCUT2D eigenvalue weighted by atomic mass is 16.2. The van der Waals surface area contributed by atoms with Crippen molar-refractivity contribution in [1.82, 2.24) is 19.7 Å². The van der Waals surface area contributed by atoms with Gasteiger partial charge in [-0.05, 0) is 18.6 Å². The molecular formula is C14H19N5O. The van der Waals surface area contributed by atoms with Crippen molar-refractivity contribution in [2.75, 3.05) is 26.0 Å². The van der Waals surface area contributed by atoms with Crippen molar-refractivity contribution < 1.29 is 4.79 Å². The quantitative estimate of drug-likeness (QED) is 0.902. The average molecular weight is 273 g/mol. The van der Waals surface area contributed by atoms with Gasteiger partial charge in [-0.2, -0.15) is 5.10 Å². The van der Waals surface area contributed by atoms with Crippen molar-refractivity contribution in [1.29, 1.82) is 0 Å². The Morgan fingerprint density at radius 1 is 1.40 bits per heavy atom. The van der Waals surface area contributed by atoms with E-state index in [-0.39, 0.29) is 5.91 Å².